The minimum Gasteiger partial charge on any atom is -0.318 e. The summed E-state index contributed by atoms with van der Waals surface area (Å²) >= 11 is 0. The lowest BCUT2D eigenvalue weighted by molar-refractivity contribution is 0.241. The molecule has 0 saturated carbocycles. The molecule has 2 nitrogen and oxygen atoms in total. The van der Waals surface area contributed by atoms with Crippen LogP contribution in [0.15, 0.2) is 18.2 Å². The first-order chi connectivity index (χ1) is 8.19. The summed E-state index contributed by atoms with van der Waals surface area (Å²) in [7, 11) is 1.93. The van der Waals surface area contributed by atoms with Crippen molar-refractivity contribution < 1.29 is 8.78 Å². The Morgan fingerprint density at radius 2 is 1.94 bits per heavy atom. The number of hydrogen-bond acceptors (Lipinski definition) is 2. The van der Waals surface area contributed by atoms with Crippen molar-refractivity contribution in [3.8, 4) is 0 Å². The normalized spacial score (nSPS) is 19.8. The van der Waals surface area contributed by atoms with Crippen molar-refractivity contribution in [2.24, 2.45) is 0 Å². The Hall–Kier alpha value is -0.710. The van der Waals surface area contributed by atoms with E-state index in [0.29, 0.717) is 18.2 Å². The molecule has 1 unspecified atom stereocenters. The second-order valence-corrected chi connectivity index (χ2v) is 4.60. The van der Waals surface area contributed by atoms with Gasteiger partial charge in [0.25, 0.3) is 0 Å². The summed E-state index contributed by atoms with van der Waals surface area (Å²) in [6.45, 7) is 2.56. The summed E-state index contributed by atoms with van der Waals surface area (Å²) in [5, 5.41) is 3.16. The third kappa shape index (κ3) is 3.90. The van der Waals surface area contributed by atoms with Crippen molar-refractivity contribution in [1.29, 1.82) is 0 Å². The Labute approximate surface area is 113 Å². The van der Waals surface area contributed by atoms with Gasteiger partial charge in [-0.25, -0.2) is 8.78 Å². The van der Waals surface area contributed by atoms with Crippen LogP contribution in [0.3, 0.4) is 0 Å². The van der Waals surface area contributed by atoms with Crippen molar-refractivity contribution in [2.75, 3.05) is 20.1 Å². The third-order valence-electron chi connectivity index (χ3n) is 3.25. The highest BCUT2D eigenvalue weighted by atomic mass is 35.5. The zero-order valence-corrected chi connectivity index (χ0v) is 11.3. The number of nitrogens with zero attached hydrogens (tertiary/aromatic N) is 1. The molecular weight excluding hydrogens is 258 g/mol. The van der Waals surface area contributed by atoms with Gasteiger partial charge in [-0.15, -0.1) is 12.4 Å². The summed E-state index contributed by atoms with van der Waals surface area (Å²) < 4.78 is 26.2. The average molecular weight is 277 g/mol. The number of rotatable bonds is 4. The molecule has 1 fully saturated rings. The molecule has 5 heteroatoms. The van der Waals surface area contributed by atoms with Gasteiger partial charge < -0.3 is 5.32 Å². The third-order valence-corrected chi connectivity index (χ3v) is 3.25. The first-order valence-corrected chi connectivity index (χ1v) is 6.02. The smallest absolute Gasteiger partial charge is 0.126 e. The molecule has 18 heavy (non-hydrogen) atoms. The highest BCUT2D eigenvalue weighted by Gasteiger charge is 2.23. The molecule has 1 aliphatic rings. The lowest BCUT2D eigenvalue weighted by Gasteiger charge is -2.24. The van der Waals surface area contributed by atoms with E-state index in [0.717, 1.165) is 32.0 Å². The molecular formula is C13H19ClF2N2. The molecule has 0 aliphatic carbocycles. The lowest BCUT2D eigenvalue weighted by atomic mass is 10.1. The van der Waals surface area contributed by atoms with Gasteiger partial charge in [0.15, 0.2) is 0 Å². The highest BCUT2D eigenvalue weighted by Crippen LogP contribution is 2.20. The van der Waals surface area contributed by atoms with Crippen LogP contribution >= 0.6 is 12.4 Å². The van der Waals surface area contributed by atoms with Crippen molar-refractivity contribution in [2.45, 2.75) is 25.4 Å². The fourth-order valence-corrected chi connectivity index (χ4v) is 2.51. The Balaban J connectivity index is 0.00000162. The maximum Gasteiger partial charge on any atom is 0.126 e. The second kappa shape index (κ2) is 7.02. The molecule has 0 amide bonds. The summed E-state index contributed by atoms with van der Waals surface area (Å²) in [6.07, 6.45) is 2.31. The van der Waals surface area contributed by atoms with E-state index >= 15 is 0 Å². The van der Waals surface area contributed by atoms with Gasteiger partial charge in [-0.1, -0.05) is 0 Å². The van der Waals surface area contributed by atoms with Gasteiger partial charge in [-0.2, -0.15) is 0 Å². The maximum absolute atomic E-state index is 13.1. The van der Waals surface area contributed by atoms with Crippen molar-refractivity contribution in [3.05, 3.63) is 35.4 Å². The minimum absolute atomic E-state index is 0. The van der Waals surface area contributed by atoms with Crippen molar-refractivity contribution in [3.63, 3.8) is 0 Å². The van der Waals surface area contributed by atoms with Gasteiger partial charge in [-0.05, 0) is 44.1 Å². The Morgan fingerprint density at radius 3 is 2.56 bits per heavy atom. The van der Waals surface area contributed by atoms with E-state index in [1.54, 1.807) is 0 Å². The lowest BCUT2D eigenvalue weighted by Crippen LogP contribution is -2.36. The van der Waals surface area contributed by atoms with E-state index in [1.807, 2.05) is 7.05 Å². The van der Waals surface area contributed by atoms with Crippen molar-refractivity contribution in [1.82, 2.24) is 10.2 Å². The molecule has 1 aromatic carbocycles. The fraction of sp³-hybridized carbons (Fsp3) is 0.538. The maximum atomic E-state index is 13.1. The molecule has 2 rings (SSSR count). The Morgan fingerprint density at radius 1 is 1.28 bits per heavy atom. The van der Waals surface area contributed by atoms with Gasteiger partial charge in [0.1, 0.15) is 11.6 Å². The zero-order valence-electron chi connectivity index (χ0n) is 10.5. The first kappa shape index (κ1) is 15.3. The van der Waals surface area contributed by atoms with Crippen LogP contribution in [0.25, 0.3) is 0 Å². The number of likely N-dealkylation sites (N-methyl/N-ethyl adjacent to an activating group) is 1. The summed E-state index contributed by atoms with van der Waals surface area (Å²) in [5.74, 6) is -0.992. The van der Waals surface area contributed by atoms with E-state index < -0.39 is 11.6 Å². The molecule has 0 spiro atoms. The van der Waals surface area contributed by atoms with Gasteiger partial charge in [0, 0.05) is 25.2 Å². The second-order valence-electron chi connectivity index (χ2n) is 4.60. The molecule has 1 aliphatic heterocycles. The number of halogens is 3. The monoisotopic (exact) mass is 276 g/mol. The molecule has 0 aromatic heterocycles. The van der Waals surface area contributed by atoms with Crippen molar-refractivity contribution >= 4 is 12.4 Å². The van der Waals surface area contributed by atoms with E-state index in [9.17, 15) is 8.78 Å². The van der Waals surface area contributed by atoms with Gasteiger partial charge in [0.05, 0.1) is 0 Å². The molecule has 1 saturated heterocycles. The SMILES string of the molecule is CNCC1CCCN1Cc1cc(F)cc(F)c1.Cl. The molecule has 0 radical (unpaired) electrons. The summed E-state index contributed by atoms with van der Waals surface area (Å²) in [5.41, 5.74) is 0.713. The van der Waals surface area contributed by atoms with E-state index in [2.05, 4.69) is 10.2 Å². The minimum atomic E-state index is -0.496. The highest BCUT2D eigenvalue weighted by molar-refractivity contribution is 5.85. The van der Waals surface area contributed by atoms with Crippen LogP contribution in [0.1, 0.15) is 18.4 Å². The van der Waals surface area contributed by atoms with Gasteiger partial charge in [0.2, 0.25) is 0 Å². The number of benzene rings is 1. The van der Waals surface area contributed by atoms with Crippen LogP contribution < -0.4 is 5.32 Å². The van der Waals surface area contributed by atoms with E-state index in [1.165, 1.54) is 12.1 Å². The first-order valence-electron chi connectivity index (χ1n) is 6.02. The molecule has 1 atom stereocenters. The largest absolute Gasteiger partial charge is 0.318 e. The predicted octanol–water partition coefficient (Wildman–Crippen LogP) is 2.57. The van der Waals surface area contributed by atoms with Crippen LogP contribution in [-0.4, -0.2) is 31.1 Å². The Kier molecular flexibility index (Phi) is 5.99. The van der Waals surface area contributed by atoms with Gasteiger partial charge in [-0.3, -0.25) is 4.90 Å². The molecule has 0 bridgehead atoms. The molecule has 1 aromatic rings. The summed E-state index contributed by atoms with van der Waals surface area (Å²) in [6, 6.07) is 4.22. The quantitative estimate of drug-likeness (QED) is 0.909. The molecule has 1 heterocycles. The average Bonchev–Trinajstić information content (AvgIpc) is 2.65. The van der Waals surface area contributed by atoms with Crippen LogP contribution in [0.5, 0.6) is 0 Å². The Bertz CT molecular complexity index is 367. The van der Waals surface area contributed by atoms with Crippen LogP contribution in [-0.2, 0) is 6.54 Å². The van der Waals surface area contributed by atoms with Crippen LogP contribution in [0, 0.1) is 11.6 Å². The summed E-state index contributed by atoms with van der Waals surface area (Å²) in [4.78, 5) is 2.28. The van der Waals surface area contributed by atoms with E-state index in [-0.39, 0.29) is 12.4 Å². The molecule has 1 N–H and O–H groups in total. The fourth-order valence-electron chi connectivity index (χ4n) is 2.51. The number of likely N-dealkylation sites (tertiary alicyclic amines) is 1. The standard InChI is InChI=1S/C13H18F2N2.ClH/c1-16-8-13-3-2-4-17(13)9-10-5-11(14)7-12(15)6-10;/h5-7,13,16H,2-4,8-9H2,1H3;1H. The number of hydrogen-bond donors (Lipinski definition) is 1. The zero-order chi connectivity index (χ0) is 12.3. The van der Waals surface area contributed by atoms with Gasteiger partial charge >= 0.3 is 0 Å². The van der Waals surface area contributed by atoms with E-state index in [4.69, 9.17) is 0 Å². The molecule has 102 valence electrons. The van der Waals surface area contributed by atoms with Crippen LogP contribution in [0.2, 0.25) is 0 Å². The number of nitrogens with one attached hydrogen (secondary N) is 1. The van der Waals surface area contributed by atoms with Crippen LogP contribution in [0.4, 0.5) is 8.78 Å². The predicted molar refractivity (Wildman–Crippen MR) is 71.0 cm³/mol. The topological polar surface area (TPSA) is 15.3 Å².